The third-order valence-corrected chi connectivity index (χ3v) is 4.22. The maximum atomic E-state index is 13.6. The minimum Gasteiger partial charge on any atom is -0.396 e. The largest absolute Gasteiger partial charge is 0.396 e. The highest BCUT2D eigenvalue weighted by Gasteiger charge is 2.23. The molecular formula is C16H24FNO. The van der Waals surface area contributed by atoms with Crippen molar-refractivity contribution in [1.29, 1.82) is 0 Å². The summed E-state index contributed by atoms with van der Waals surface area (Å²) in [5.74, 6) is 0.815. The van der Waals surface area contributed by atoms with Gasteiger partial charge in [0.2, 0.25) is 0 Å². The molecule has 0 radical (unpaired) electrons. The highest BCUT2D eigenvalue weighted by atomic mass is 19.1. The average molecular weight is 265 g/mol. The molecule has 0 saturated heterocycles. The third-order valence-electron chi connectivity index (χ3n) is 4.22. The molecule has 1 aliphatic carbocycles. The Balaban J connectivity index is 1.83. The first kappa shape index (κ1) is 14.5. The molecule has 0 amide bonds. The van der Waals surface area contributed by atoms with Crippen molar-refractivity contribution in [2.24, 2.45) is 11.8 Å². The second-order valence-electron chi connectivity index (χ2n) is 5.71. The molecule has 1 aromatic rings. The highest BCUT2D eigenvalue weighted by Crippen LogP contribution is 2.29. The Bertz CT molecular complexity index is 408. The smallest absolute Gasteiger partial charge is 0.127 e. The normalized spacial score (nSPS) is 23.5. The maximum Gasteiger partial charge on any atom is 0.127 e. The topological polar surface area (TPSA) is 32.3 Å². The van der Waals surface area contributed by atoms with E-state index in [2.05, 4.69) is 5.32 Å². The molecule has 106 valence electrons. The molecule has 3 heteroatoms. The van der Waals surface area contributed by atoms with Crippen LogP contribution in [0.5, 0.6) is 0 Å². The molecule has 0 bridgehead atoms. The Hall–Kier alpha value is -0.930. The minimum atomic E-state index is -0.138. The molecule has 0 aliphatic heterocycles. The number of rotatable bonds is 5. The summed E-state index contributed by atoms with van der Waals surface area (Å²) in [7, 11) is 0. The molecule has 1 aromatic carbocycles. The average Bonchev–Trinajstić information content (AvgIpc) is 2.43. The first-order chi connectivity index (χ1) is 9.20. The second-order valence-corrected chi connectivity index (χ2v) is 5.71. The third kappa shape index (κ3) is 4.02. The van der Waals surface area contributed by atoms with E-state index < -0.39 is 0 Å². The van der Waals surface area contributed by atoms with Gasteiger partial charge in [-0.15, -0.1) is 0 Å². The van der Waals surface area contributed by atoms with E-state index >= 15 is 0 Å². The molecule has 2 atom stereocenters. The van der Waals surface area contributed by atoms with E-state index in [-0.39, 0.29) is 12.4 Å². The fraction of sp³-hybridized carbons (Fsp3) is 0.625. The minimum absolute atomic E-state index is 0.138. The predicted octanol–water partition coefficient (Wildman–Crippen LogP) is 3.02. The van der Waals surface area contributed by atoms with Gasteiger partial charge in [0.15, 0.2) is 0 Å². The van der Waals surface area contributed by atoms with Crippen LogP contribution in [0.1, 0.15) is 36.8 Å². The van der Waals surface area contributed by atoms with Crippen molar-refractivity contribution in [3.05, 3.63) is 35.1 Å². The van der Waals surface area contributed by atoms with Gasteiger partial charge in [0.1, 0.15) is 5.82 Å². The molecule has 2 nitrogen and oxygen atoms in total. The molecule has 2 unspecified atom stereocenters. The maximum absolute atomic E-state index is 13.6. The molecule has 1 saturated carbocycles. The van der Waals surface area contributed by atoms with Crippen molar-refractivity contribution < 1.29 is 9.50 Å². The Labute approximate surface area is 115 Å². The SMILES string of the molecule is Cc1ccc(F)c(CNCC2CCCCC2CO)c1. The first-order valence-electron chi connectivity index (χ1n) is 7.27. The van der Waals surface area contributed by atoms with E-state index in [1.165, 1.54) is 25.3 Å². The summed E-state index contributed by atoms with van der Waals surface area (Å²) >= 11 is 0. The van der Waals surface area contributed by atoms with Gasteiger partial charge in [-0.05, 0) is 44.2 Å². The van der Waals surface area contributed by atoms with Crippen molar-refractivity contribution in [3.63, 3.8) is 0 Å². The molecular weight excluding hydrogens is 241 g/mol. The van der Waals surface area contributed by atoms with Gasteiger partial charge < -0.3 is 10.4 Å². The lowest BCUT2D eigenvalue weighted by atomic mass is 9.79. The quantitative estimate of drug-likeness (QED) is 0.857. The van der Waals surface area contributed by atoms with Gasteiger partial charge in [-0.25, -0.2) is 4.39 Å². The van der Waals surface area contributed by atoms with Crippen molar-refractivity contribution in [2.75, 3.05) is 13.2 Å². The molecule has 1 aliphatic rings. The summed E-state index contributed by atoms with van der Waals surface area (Å²) in [6.07, 6.45) is 4.78. The van der Waals surface area contributed by atoms with Crippen molar-refractivity contribution >= 4 is 0 Å². The molecule has 0 spiro atoms. The number of aliphatic hydroxyl groups is 1. The molecule has 2 N–H and O–H groups in total. The summed E-state index contributed by atoms with van der Waals surface area (Å²) in [6.45, 7) is 3.71. The number of halogens is 1. The number of hydrogen-bond donors (Lipinski definition) is 2. The summed E-state index contributed by atoms with van der Waals surface area (Å²) in [5.41, 5.74) is 1.82. The molecule has 0 heterocycles. The lowest BCUT2D eigenvalue weighted by molar-refractivity contribution is 0.133. The van der Waals surface area contributed by atoms with E-state index in [1.54, 1.807) is 6.07 Å². The second kappa shape index (κ2) is 7.01. The number of aryl methyl sites for hydroxylation is 1. The van der Waals surface area contributed by atoms with Crippen LogP contribution in [-0.4, -0.2) is 18.3 Å². The molecule has 19 heavy (non-hydrogen) atoms. The zero-order chi connectivity index (χ0) is 13.7. The van der Waals surface area contributed by atoms with Gasteiger partial charge in [-0.2, -0.15) is 0 Å². The van der Waals surface area contributed by atoms with Crippen LogP contribution < -0.4 is 5.32 Å². The summed E-state index contributed by atoms with van der Waals surface area (Å²) in [5, 5.41) is 12.7. The summed E-state index contributed by atoms with van der Waals surface area (Å²) in [6, 6.07) is 5.22. The van der Waals surface area contributed by atoms with Crippen LogP contribution in [0.2, 0.25) is 0 Å². The zero-order valence-corrected chi connectivity index (χ0v) is 11.7. The van der Waals surface area contributed by atoms with Crippen molar-refractivity contribution in [3.8, 4) is 0 Å². The van der Waals surface area contributed by atoms with Gasteiger partial charge in [-0.1, -0.05) is 30.5 Å². The summed E-state index contributed by atoms with van der Waals surface area (Å²) < 4.78 is 13.6. The summed E-state index contributed by atoms with van der Waals surface area (Å²) in [4.78, 5) is 0. The van der Waals surface area contributed by atoms with Crippen LogP contribution in [-0.2, 0) is 6.54 Å². The first-order valence-corrected chi connectivity index (χ1v) is 7.27. The van der Waals surface area contributed by atoms with Crippen molar-refractivity contribution in [2.45, 2.75) is 39.2 Å². The molecule has 2 rings (SSSR count). The van der Waals surface area contributed by atoms with Gasteiger partial charge in [-0.3, -0.25) is 0 Å². The van der Waals surface area contributed by atoms with Crippen molar-refractivity contribution in [1.82, 2.24) is 5.32 Å². The van der Waals surface area contributed by atoms with E-state index in [0.29, 0.717) is 18.4 Å². The number of benzene rings is 1. The van der Waals surface area contributed by atoms with Gasteiger partial charge in [0.25, 0.3) is 0 Å². The van der Waals surface area contributed by atoms with Gasteiger partial charge >= 0.3 is 0 Å². The fourth-order valence-corrected chi connectivity index (χ4v) is 3.02. The highest BCUT2D eigenvalue weighted by molar-refractivity contribution is 5.23. The predicted molar refractivity (Wildman–Crippen MR) is 75.4 cm³/mol. The Morgan fingerprint density at radius 1 is 1.26 bits per heavy atom. The van der Waals surface area contributed by atoms with E-state index in [4.69, 9.17) is 0 Å². The molecule has 1 fully saturated rings. The van der Waals surface area contributed by atoms with Gasteiger partial charge in [0.05, 0.1) is 0 Å². The Morgan fingerprint density at radius 3 is 2.74 bits per heavy atom. The van der Waals surface area contributed by atoms with Crippen LogP contribution in [0.25, 0.3) is 0 Å². The van der Waals surface area contributed by atoms with Crippen LogP contribution >= 0.6 is 0 Å². The fourth-order valence-electron chi connectivity index (χ4n) is 3.02. The van der Waals surface area contributed by atoms with E-state index in [1.807, 2.05) is 13.0 Å². The van der Waals surface area contributed by atoms with E-state index in [9.17, 15) is 9.50 Å². The monoisotopic (exact) mass is 265 g/mol. The zero-order valence-electron chi connectivity index (χ0n) is 11.7. The molecule has 0 aromatic heterocycles. The van der Waals surface area contributed by atoms with Crippen LogP contribution in [0.15, 0.2) is 18.2 Å². The Morgan fingerprint density at radius 2 is 2.00 bits per heavy atom. The number of nitrogens with one attached hydrogen (secondary N) is 1. The van der Waals surface area contributed by atoms with E-state index in [0.717, 1.165) is 24.1 Å². The standard InChI is InChI=1S/C16H24FNO/c1-12-6-7-16(17)15(8-12)10-18-9-13-4-2-3-5-14(13)11-19/h6-8,13-14,18-19H,2-5,9-11H2,1H3. The number of hydrogen-bond acceptors (Lipinski definition) is 2. The van der Waals surface area contributed by atoms with Crippen LogP contribution in [0.3, 0.4) is 0 Å². The van der Waals surface area contributed by atoms with Gasteiger partial charge in [0, 0.05) is 18.7 Å². The number of aliphatic hydroxyl groups excluding tert-OH is 1. The van der Waals surface area contributed by atoms with Crippen LogP contribution in [0, 0.1) is 24.6 Å². The van der Waals surface area contributed by atoms with Crippen LogP contribution in [0.4, 0.5) is 4.39 Å². The Kier molecular flexibility index (Phi) is 5.34. The lowest BCUT2D eigenvalue weighted by Gasteiger charge is -2.30. The lowest BCUT2D eigenvalue weighted by Crippen LogP contribution is -2.32.